The fourth-order valence-corrected chi connectivity index (χ4v) is 1.80. The van der Waals surface area contributed by atoms with Gasteiger partial charge in [-0.05, 0) is 43.3 Å². The predicted molar refractivity (Wildman–Crippen MR) is 66.4 cm³/mol. The Kier molecular flexibility index (Phi) is 3.14. The molecule has 4 nitrogen and oxygen atoms in total. The van der Waals surface area contributed by atoms with Crippen LogP contribution in [0.15, 0.2) is 41.6 Å². The molecule has 0 aliphatic rings. The van der Waals surface area contributed by atoms with Gasteiger partial charge >= 0.3 is 0 Å². The fourth-order valence-electron chi connectivity index (χ4n) is 1.80. The molecule has 88 valence electrons. The maximum Gasteiger partial charge on any atom is 0.119 e. The van der Waals surface area contributed by atoms with Crippen molar-refractivity contribution in [2.45, 2.75) is 6.92 Å². The van der Waals surface area contributed by atoms with Crippen molar-refractivity contribution in [3.8, 4) is 11.4 Å². The summed E-state index contributed by atoms with van der Waals surface area (Å²) in [5, 5.41) is 11.7. The van der Waals surface area contributed by atoms with Gasteiger partial charge in [0.15, 0.2) is 0 Å². The minimum atomic E-state index is 0.816. The van der Waals surface area contributed by atoms with Gasteiger partial charge < -0.3 is 14.5 Å². The summed E-state index contributed by atoms with van der Waals surface area (Å²) in [4.78, 5) is 0. The summed E-state index contributed by atoms with van der Waals surface area (Å²) in [5.41, 5.74) is 2.91. The Labute approximate surface area is 99.8 Å². The van der Waals surface area contributed by atoms with E-state index in [1.807, 2.05) is 47.9 Å². The van der Waals surface area contributed by atoms with Crippen LogP contribution < -0.4 is 4.74 Å². The van der Waals surface area contributed by atoms with Gasteiger partial charge in [-0.3, -0.25) is 0 Å². The molecule has 1 aromatic carbocycles. The second-order valence-electron chi connectivity index (χ2n) is 3.68. The standard InChI is InChI=1S/C13H14N2O2/c1-10-3-4-12(9-14-16)15(10)11-5-7-13(17-2)8-6-11/h3-9,16H,1-2H3. The molecule has 0 aliphatic heterocycles. The third-order valence-electron chi connectivity index (χ3n) is 2.63. The summed E-state index contributed by atoms with van der Waals surface area (Å²) in [7, 11) is 1.64. The first-order chi connectivity index (χ1) is 8.26. The SMILES string of the molecule is COc1ccc(-n2c(C)ccc2C=NO)cc1. The fraction of sp³-hybridized carbons (Fsp3) is 0.154. The van der Waals surface area contributed by atoms with Gasteiger partial charge in [-0.15, -0.1) is 0 Å². The molecule has 1 N–H and O–H groups in total. The number of hydrogen-bond acceptors (Lipinski definition) is 3. The van der Waals surface area contributed by atoms with Gasteiger partial charge in [0.05, 0.1) is 19.0 Å². The van der Waals surface area contributed by atoms with Crippen molar-refractivity contribution in [2.75, 3.05) is 7.11 Å². The maximum absolute atomic E-state index is 8.62. The summed E-state index contributed by atoms with van der Waals surface area (Å²) in [6.07, 6.45) is 1.41. The number of nitrogens with zero attached hydrogens (tertiary/aromatic N) is 2. The Balaban J connectivity index is 2.47. The van der Waals surface area contributed by atoms with Crippen LogP contribution in [-0.2, 0) is 0 Å². The van der Waals surface area contributed by atoms with Crippen LogP contribution in [0.2, 0.25) is 0 Å². The van der Waals surface area contributed by atoms with E-state index in [1.54, 1.807) is 7.11 Å². The second kappa shape index (κ2) is 4.74. The quantitative estimate of drug-likeness (QED) is 0.500. The van der Waals surface area contributed by atoms with E-state index in [-0.39, 0.29) is 0 Å². The molecule has 1 aromatic heterocycles. The van der Waals surface area contributed by atoms with Crippen molar-refractivity contribution in [3.63, 3.8) is 0 Å². The molecular formula is C13H14N2O2. The van der Waals surface area contributed by atoms with E-state index in [0.717, 1.165) is 22.8 Å². The van der Waals surface area contributed by atoms with Crippen LogP contribution in [0.4, 0.5) is 0 Å². The minimum absolute atomic E-state index is 0.816. The van der Waals surface area contributed by atoms with Gasteiger partial charge in [-0.2, -0.15) is 0 Å². The van der Waals surface area contributed by atoms with Crippen LogP contribution in [0.5, 0.6) is 5.75 Å². The highest BCUT2D eigenvalue weighted by molar-refractivity contribution is 5.78. The predicted octanol–water partition coefficient (Wildman–Crippen LogP) is 2.60. The molecule has 0 amide bonds. The van der Waals surface area contributed by atoms with Crippen LogP contribution in [0.25, 0.3) is 5.69 Å². The number of methoxy groups -OCH3 is 1. The lowest BCUT2D eigenvalue weighted by molar-refractivity contribution is 0.321. The number of aromatic nitrogens is 1. The van der Waals surface area contributed by atoms with E-state index in [2.05, 4.69) is 5.16 Å². The van der Waals surface area contributed by atoms with Crippen LogP contribution in [0.3, 0.4) is 0 Å². The summed E-state index contributed by atoms with van der Waals surface area (Å²) in [6.45, 7) is 2.00. The molecule has 4 heteroatoms. The monoisotopic (exact) mass is 230 g/mol. The van der Waals surface area contributed by atoms with Crippen molar-refractivity contribution >= 4 is 6.21 Å². The number of oxime groups is 1. The van der Waals surface area contributed by atoms with E-state index < -0.39 is 0 Å². The molecule has 0 spiro atoms. The zero-order valence-corrected chi connectivity index (χ0v) is 9.79. The van der Waals surface area contributed by atoms with E-state index in [9.17, 15) is 0 Å². The highest BCUT2D eigenvalue weighted by Gasteiger charge is 2.05. The molecule has 0 fully saturated rings. The van der Waals surface area contributed by atoms with Gasteiger partial charge in [0.25, 0.3) is 0 Å². The van der Waals surface area contributed by atoms with Crippen LogP contribution in [0, 0.1) is 6.92 Å². The highest BCUT2D eigenvalue weighted by Crippen LogP contribution is 2.19. The molecule has 0 aliphatic carbocycles. The van der Waals surface area contributed by atoms with E-state index in [0.29, 0.717) is 0 Å². The van der Waals surface area contributed by atoms with E-state index in [4.69, 9.17) is 9.94 Å². The number of hydrogen-bond donors (Lipinski definition) is 1. The average molecular weight is 230 g/mol. The average Bonchev–Trinajstić information content (AvgIpc) is 2.71. The summed E-state index contributed by atoms with van der Waals surface area (Å²) >= 11 is 0. The number of ether oxygens (including phenoxy) is 1. The third-order valence-corrected chi connectivity index (χ3v) is 2.63. The molecule has 0 atom stereocenters. The van der Waals surface area contributed by atoms with E-state index >= 15 is 0 Å². The minimum Gasteiger partial charge on any atom is -0.497 e. The van der Waals surface area contributed by atoms with Gasteiger partial charge in [0.1, 0.15) is 5.75 Å². The zero-order chi connectivity index (χ0) is 12.3. The van der Waals surface area contributed by atoms with Crippen LogP contribution in [-0.4, -0.2) is 23.1 Å². The Morgan fingerprint density at radius 2 is 1.88 bits per heavy atom. The largest absolute Gasteiger partial charge is 0.497 e. The number of aryl methyl sites for hydroxylation is 1. The van der Waals surface area contributed by atoms with Gasteiger partial charge in [0, 0.05) is 11.4 Å². The topological polar surface area (TPSA) is 46.8 Å². The zero-order valence-electron chi connectivity index (χ0n) is 9.79. The molecule has 0 bridgehead atoms. The molecule has 0 radical (unpaired) electrons. The lowest BCUT2D eigenvalue weighted by Crippen LogP contribution is -2.01. The summed E-state index contributed by atoms with van der Waals surface area (Å²) in [6, 6.07) is 11.6. The third kappa shape index (κ3) is 2.15. The number of rotatable bonds is 3. The molecule has 2 rings (SSSR count). The first-order valence-corrected chi connectivity index (χ1v) is 5.26. The van der Waals surface area contributed by atoms with Crippen molar-refractivity contribution in [2.24, 2.45) is 5.16 Å². The maximum atomic E-state index is 8.62. The Bertz CT molecular complexity index is 527. The molecule has 17 heavy (non-hydrogen) atoms. The number of benzene rings is 1. The Morgan fingerprint density at radius 1 is 1.18 bits per heavy atom. The highest BCUT2D eigenvalue weighted by atomic mass is 16.5. The van der Waals surface area contributed by atoms with Gasteiger partial charge in [0.2, 0.25) is 0 Å². The Morgan fingerprint density at radius 3 is 2.47 bits per heavy atom. The lowest BCUT2D eigenvalue weighted by atomic mass is 10.3. The summed E-state index contributed by atoms with van der Waals surface area (Å²) < 4.78 is 7.12. The normalized spacial score (nSPS) is 10.9. The lowest BCUT2D eigenvalue weighted by Gasteiger charge is -2.09. The van der Waals surface area contributed by atoms with Crippen molar-refractivity contribution in [1.29, 1.82) is 0 Å². The van der Waals surface area contributed by atoms with Crippen LogP contribution >= 0.6 is 0 Å². The van der Waals surface area contributed by atoms with E-state index in [1.165, 1.54) is 6.21 Å². The molecule has 0 saturated carbocycles. The molecular weight excluding hydrogens is 216 g/mol. The molecule has 2 aromatic rings. The molecule has 0 unspecified atom stereocenters. The smallest absolute Gasteiger partial charge is 0.119 e. The first-order valence-electron chi connectivity index (χ1n) is 5.26. The van der Waals surface area contributed by atoms with Crippen LogP contribution in [0.1, 0.15) is 11.4 Å². The van der Waals surface area contributed by atoms with Gasteiger partial charge in [-0.25, -0.2) is 0 Å². The molecule has 1 heterocycles. The summed E-state index contributed by atoms with van der Waals surface area (Å²) in [5.74, 6) is 0.816. The molecule has 0 saturated heterocycles. The van der Waals surface area contributed by atoms with Gasteiger partial charge in [-0.1, -0.05) is 5.16 Å². The Hall–Kier alpha value is -2.23. The van der Waals surface area contributed by atoms with Crippen molar-refractivity contribution in [3.05, 3.63) is 47.8 Å². The first kappa shape index (κ1) is 11.3. The second-order valence-corrected chi connectivity index (χ2v) is 3.68. The van der Waals surface area contributed by atoms with Crippen molar-refractivity contribution in [1.82, 2.24) is 4.57 Å². The van der Waals surface area contributed by atoms with Crippen molar-refractivity contribution < 1.29 is 9.94 Å².